The first-order valence-electron chi connectivity index (χ1n) is 12.3. The number of nitrogen functional groups attached to an aromatic ring is 1. The number of imidazole rings is 1. The van der Waals surface area contributed by atoms with Gasteiger partial charge < -0.3 is 29.8 Å². The molecule has 2 aliphatic rings. The van der Waals surface area contributed by atoms with Crippen LogP contribution < -0.4 is 15.3 Å². The lowest BCUT2D eigenvalue weighted by Gasteiger charge is -2.30. The van der Waals surface area contributed by atoms with Crippen molar-refractivity contribution >= 4 is 30.7 Å². The van der Waals surface area contributed by atoms with Crippen LogP contribution in [0.2, 0.25) is 0 Å². The second-order valence-corrected chi connectivity index (χ2v) is 11.7. The molecule has 1 aromatic carbocycles. The Balaban J connectivity index is 1.39. The van der Waals surface area contributed by atoms with Gasteiger partial charge >= 0.3 is 13.7 Å². The average molecular weight is 547 g/mol. The van der Waals surface area contributed by atoms with E-state index in [2.05, 4.69) is 20.0 Å². The Kier molecular flexibility index (Phi) is 6.69. The van der Waals surface area contributed by atoms with Crippen molar-refractivity contribution in [2.45, 2.75) is 63.7 Å². The number of aliphatic hydroxyl groups is 2. The van der Waals surface area contributed by atoms with Gasteiger partial charge in [-0.3, -0.25) is 9.32 Å². The van der Waals surface area contributed by atoms with Crippen LogP contribution >= 0.6 is 7.75 Å². The zero-order valence-corrected chi connectivity index (χ0v) is 22.2. The molecule has 0 radical (unpaired) electrons. The number of carbonyl (C=O) groups is 1. The molecule has 2 heterocycles. The molecule has 0 aliphatic heterocycles. The van der Waals surface area contributed by atoms with Crippen LogP contribution in [0.3, 0.4) is 0 Å². The molecule has 0 amide bonds. The first kappa shape index (κ1) is 26.5. The molecule has 0 spiro atoms. The van der Waals surface area contributed by atoms with Gasteiger partial charge in [0.25, 0.3) is 0 Å². The third-order valence-electron chi connectivity index (χ3n) is 7.10. The number of nitrogens with two attached hydrogens (primary N) is 1. The fourth-order valence-corrected chi connectivity index (χ4v) is 7.07. The fraction of sp³-hybridized carbons (Fsp3) is 0.500. The van der Waals surface area contributed by atoms with Crippen LogP contribution in [0.5, 0.6) is 5.75 Å². The molecule has 0 saturated heterocycles. The summed E-state index contributed by atoms with van der Waals surface area (Å²) in [7, 11) is -4.24. The number of esters is 1. The summed E-state index contributed by atoms with van der Waals surface area (Å²) >= 11 is 0. The molecule has 3 aromatic rings. The molecule has 204 valence electrons. The number of rotatable bonds is 9. The highest BCUT2D eigenvalue weighted by Gasteiger charge is 2.79. The Hall–Kier alpha value is -3.09. The topological polar surface area (TPSA) is 184 Å². The van der Waals surface area contributed by atoms with Crippen LogP contribution in [-0.2, 0) is 18.6 Å². The molecule has 14 heteroatoms. The van der Waals surface area contributed by atoms with Crippen LogP contribution in [0.1, 0.15) is 33.7 Å². The summed E-state index contributed by atoms with van der Waals surface area (Å²) in [4.78, 5) is 24.9. The van der Waals surface area contributed by atoms with E-state index in [-0.39, 0.29) is 23.6 Å². The van der Waals surface area contributed by atoms with Gasteiger partial charge in [0, 0.05) is 5.92 Å². The average Bonchev–Trinajstić information content (AvgIpc) is 3.12. The Morgan fingerprint density at radius 3 is 2.55 bits per heavy atom. The van der Waals surface area contributed by atoms with Crippen LogP contribution in [0.25, 0.3) is 11.2 Å². The van der Waals surface area contributed by atoms with Crippen molar-refractivity contribution in [1.82, 2.24) is 24.6 Å². The van der Waals surface area contributed by atoms with Gasteiger partial charge in [-0.15, -0.1) is 0 Å². The normalized spacial score (nSPS) is 30.6. The number of ether oxygens (including phenoxy) is 1. The maximum atomic E-state index is 13.9. The Morgan fingerprint density at radius 1 is 1.21 bits per heavy atom. The van der Waals surface area contributed by atoms with Crippen molar-refractivity contribution in [1.29, 1.82) is 0 Å². The van der Waals surface area contributed by atoms with E-state index in [0.29, 0.717) is 11.2 Å². The van der Waals surface area contributed by atoms with E-state index in [1.165, 1.54) is 19.6 Å². The first-order chi connectivity index (χ1) is 18.0. The molecule has 2 fully saturated rings. The number of fused-ring (bicyclic) bond motifs is 2. The smallest absolute Gasteiger partial charge is 0.459 e. The lowest BCUT2D eigenvalue weighted by molar-refractivity contribution is -0.149. The molecule has 8 atom stereocenters. The number of nitrogens with zero attached hydrogens (tertiary/aromatic N) is 4. The maximum Gasteiger partial charge on any atom is 0.459 e. The molecule has 2 aliphatic carbocycles. The van der Waals surface area contributed by atoms with Crippen molar-refractivity contribution in [3.63, 3.8) is 0 Å². The van der Waals surface area contributed by atoms with E-state index >= 15 is 0 Å². The van der Waals surface area contributed by atoms with Gasteiger partial charge in [0.15, 0.2) is 11.5 Å². The SMILES string of the molecule is CC(C)OC(=O)[C@H](C)N[P@@](=O)(Oc1ccccc1)OC1[C@H]2[C@H](C)[C@@H](n3cnc4c(N)ncnc43)[C@H](O)[C@@]12O. The van der Waals surface area contributed by atoms with E-state index in [9.17, 15) is 19.6 Å². The maximum absolute atomic E-state index is 13.9. The highest BCUT2D eigenvalue weighted by Crippen LogP contribution is 2.67. The number of nitrogens with one attached hydrogen (secondary N) is 1. The quantitative estimate of drug-likeness (QED) is 0.226. The van der Waals surface area contributed by atoms with Crippen LogP contribution in [0.15, 0.2) is 43.0 Å². The molecule has 5 rings (SSSR count). The van der Waals surface area contributed by atoms with Crippen LogP contribution in [-0.4, -0.2) is 65.7 Å². The number of aliphatic hydroxyl groups excluding tert-OH is 1. The Morgan fingerprint density at radius 2 is 1.92 bits per heavy atom. The lowest BCUT2D eigenvalue weighted by atomic mass is 9.97. The molecule has 1 unspecified atom stereocenters. The van der Waals surface area contributed by atoms with Crippen molar-refractivity contribution in [2.24, 2.45) is 11.8 Å². The predicted molar refractivity (Wildman–Crippen MR) is 136 cm³/mol. The minimum atomic E-state index is -4.24. The van der Waals surface area contributed by atoms with Crippen LogP contribution in [0.4, 0.5) is 5.82 Å². The molecule has 38 heavy (non-hydrogen) atoms. The number of carbonyl (C=O) groups excluding carboxylic acids is 1. The van der Waals surface area contributed by atoms with Gasteiger partial charge in [-0.1, -0.05) is 25.1 Å². The van der Waals surface area contributed by atoms with Gasteiger partial charge in [-0.05, 0) is 38.8 Å². The third-order valence-corrected chi connectivity index (χ3v) is 8.76. The zero-order chi connectivity index (χ0) is 27.4. The van der Waals surface area contributed by atoms with Crippen molar-refractivity contribution in [2.75, 3.05) is 5.73 Å². The fourth-order valence-electron chi connectivity index (χ4n) is 5.34. The lowest BCUT2D eigenvalue weighted by Crippen LogP contribution is -2.40. The standard InChI is InChI=1S/C24H31N6O7P/c1-12(2)35-23(32)14(4)29-38(34,36-15-8-6-5-7-9-15)37-20-16-13(3)18(19(31)24(16,20)33)30-11-28-17-21(25)26-10-27-22(17)30/h5-14,16,18-20,31,33H,1-4H3,(H,29,34)(H2,25,26,27)/t13-,14-,16+,18+,19-,20?,24+,38+/m0/s1. The number of anilines is 1. The molecule has 5 N–H and O–H groups in total. The summed E-state index contributed by atoms with van der Waals surface area (Å²) in [5.41, 5.74) is 4.99. The van der Waals surface area contributed by atoms with Gasteiger partial charge in [0.2, 0.25) is 0 Å². The molecule has 2 saturated carbocycles. The number of hydrogen-bond donors (Lipinski definition) is 4. The van der Waals surface area contributed by atoms with Gasteiger partial charge in [0.1, 0.15) is 41.4 Å². The van der Waals surface area contributed by atoms with Gasteiger partial charge in [-0.25, -0.2) is 19.5 Å². The monoisotopic (exact) mass is 546 g/mol. The van der Waals surface area contributed by atoms with E-state index in [0.717, 1.165) is 0 Å². The van der Waals surface area contributed by atoms with Crippen molar-refractivity contribution in [3.05, 3.63) is 43.0 Å². The molecular formula is C24H31N6O7P. The molecule has 0 bridgehead atoms. The molecule has 13 nitrogen and oxygen atoms in total. The second kappa shape index (κ2) is 9.58. The molecular weight excluding hydrogens is 515 g/mol. The summed E-state index contributed by atoms with van der Waals surface area (Å²) in [6.45, 7) is 6.72. The highest BCUT2D eigenvalue weighted by atomic mass is 31.2. The summed E-state index contributed by atoms with van der Waals surface area (Å²) in [6.07, 6.45) is 0.0794. The van der Waals surface area contributed by atoms with E-state index in [4.69, 9.17) is 19.5 Å². The Bertz CT molecular complexity index is 1390. The van der Waals surface area contributed by atoms with Gasteiger partial charge in [-0.2, -0.15) is 5.09 Å². The highest BCUT2D eigenvalue weighted by molar-refractivity contribution is 7.52. The largest absolute Gasteiger partial charge is 0.462 e. The predicted octanol–water partition coefficient (Wildman–Crippen LogP) is 1.82. The summed E-state index contributed by atoms with van der Waals surface area (Å²) < 4.78 is 32.4. The second-order valence-electron chi connectivity index (χ2n) is 10.1. The molecule has 2 aromatic heterocycles. The summed E-state index contributed by atoms with van der Waals surface area (Å²) in [5, 5.41) is 25.4. The van der Waals surface area contributed by atoms with Crippen LogP contribution in [0, 0.1) is 11.8 Å². The van der Waals surface area contributed by atoms with Crippen molar-refractivity contribution < 1.29 is 33.4 Å². The number of hydrogen-bond acceptors (Lipinski definition) is 11. The third kappa shape index (κ3) is 4.44. The zero-order valence-electron chi connectivity index (χ0n) is 21.3. The van der Waals surface area contributed by atoms with Crippen molar-refractivity contribution in [3.8, 4) is 5.75 Å². The number of benzene rings is 1. The summed E-state index contributed by atoms with van der Waals surface area (Å²) in [6, 6.07) is 6.67. The van der Waals surface area contributed by atoms with E-state index < -0.39 is 49.5 Å². The number of para-hydroxylation sites is 1. The Labute approximate surface area is 218 Å². The summed E-state index contributed by atoms with van der Waals surface area (Å²) in [5.74, 6) is -1.14. The minimum Gasteiger partial charge on any atom is -0.462 e. The number of aromatic nitrogens is 4. The van der Waals surface area contributed by atoms with Gasteiger partial charge in [0.05, 0.1) is 18.5 Å². The first-order valence-corrected chi connectivity index (χ1v) is 13.9. The van der Waals surface area contributed by atoms with E-state index in [1.54, 1.807) is 48.7 Å². The minimum absolute atomic E-state index is 0.203. The van der Waals surface area contributed by atoms with E-state index in [1.807, 2.05) is 6.92 Å².